The Morgan fingerprint density at radius 1 is 1.27 bits per heavy atom. The van der Waals surface area contributed by atoms with Crippen LogP contribution >= 0.6 is 11.8 Å². The number of benzene rings is 1. The third kappa shape index (κ3) is 5.09. The van der Waals surface area contributed by atoms with E-state index in [-0.39, 0.29) is 5.54 Å². The minimum Gasteiger partial charge on any atom is -0.494 e. The Labute approximate surface area is 96.2 Å². The molecule has 0 amide bonds. The van der Waals surface area contributed by atoms with Gasteiger partial charge in [0.05, 0.1) is 6.61 Å². The molecule has 3 heteroatoms. The minimum absolute atomic E-state index is 0.122. The maximum Gasteiger partial charge on any atom is 0.119 e. The lowest BCUT2D eigenvalue weighted by molar-refractivity contribution is 0.340. The summed E-state index contributed by atoms with van der Waals surface area (Å²) in [7, 11) is 0. The number of ether oxygens (including phenoxy) is 1. The van der Waals surface area contributed by atoms with E-state index >= 15 is 0 Å². The van der Waals surface area contributed by atoms with Gasteiger partial charge in [-0.1, -0.05) is 0 Å². The summed E-state index contributed by atoms with van der Waals surface area (Å²) in [6, 6.07) is 8.13. The molecule has 0 atom stereocenters. The zero-order valence-corrected chi connectivity index (χ0v) is 10.4. The maximum atomic E-state index is 5.92. The first-order valence-electron chi connectivity index (χ1n) is 5.16. The van der Waals surface area contributed by atoms with E-state index in [0.29, 0.717) is 6.61 Å². The van der Waals surface area contributed by atoms with Crippen LogP contribution in [0, 0.1) is 0 Å². The van der Waals surface area contributed by atoms with Gasteiger partial charge in [0.2, 0.25) is 0 Å². The summed E-state index contributed by atoms with van der Waals surface area (Å²) in [4.78, 5) is 1.23. The van der Waals surface area contributed by atoms with Crippen LogP contribution in [0.25, 0.3) is 0 Å². The molecule has 1 aromatic carbocycles. The van der Waals surface area contributed by atoms with Crippen molar-refractivity contribution in [3.63, 3.8) is 0 Å². The van der Waals surface area contributed by atoms with Crippen molar-refractivity contribution in [1.29, 1.82) is 0 Å². The van der Waals surface area contributed by atoms with Crippen LogP contribution in [0.5, 0.6) is 5.75 Å². The summed E-state index contributed by atoms with van der Waals surface area (Å²) in [5.74, 6) is 1.84. The molecule has 1 aromatic rings. The monoisotopic (exact) mass is 225 g/mol. The lowest BCUT2D eigenvalue weighted by Gasteiger charge is -2.17. The van der Waals surface area contributed by atoms with Crippen LogP contribution in [-0.2, 0) is 0 Å². The van der Waals surface area contributed by atoms with Crippen molar-refractivity contribution in [3.8, 4) is 5.75 Å². The highest BCUT2D eigenvalue weighted by Gasteiger charge is 2.10. The summed E-state index contributed by atoms with van der Waals surface area (Å²) < 4.78 is 5.37. The lowest BCUT2D eigenvalue weighted by atomic mass is 10.1. The van der Waals surface area contributed by atoms with Crippen molar-refractivity contribution in [2.24, 2.45) is 5.73 Å². The fourth-order valence-corrected chi connectivity index (χ4v) is 1.94. The molecule has 0 aliphatic heterocycles. The molecule has 0 bridgehead atoms. The van der Waals surface area contributed by atoms with Crippen LogP contribution in [0.1, 0.15) is 20.8 Å². The van der Waals surface area contributed by atoms with Gasteiger partial charge in [-0.2, -0.15) is 0 Å². The molecule has 84 valence electrons. The molecular formula is C12H19NOS. The third-order valence-electron chi connectivity index (χ3n) is 1.75. The van der Waals surface area contributed by atoms with Gasteiger partial charge < -0.3 is 10.5 Å². The quantitative estimate of drug-likeness (QED) is 0.783. The van der Waals surface area contributed by atoms with Crippen molar-refractivity contribution in [2.45, 2.75) is 31.2 Å². The second-order valence-corrected chi connectivity index (χ2v) is 5.23. The van der Waals surface area contributed by atoms with E-state index in [2.05, 4.69) is 12.1 Å². The Morgan fingerprint density at radius 3 is 2.33 bits per heavy atom. The summed E-state index contributed by atoms with van der Waals surface area (Å²) in [6.07, 6.45) is 0. The van der Waals surface area contributed by atoms with Gasteiger partial charge in [-0.05, 0) is 45.0 Å². The second kappa shape index (κ2) is 5.42. The zero-order valence-electron chi connectivity index (χ0n) is 9.62. The first kappa shape index (κ1) is 12.4. The zero-order chi connectivity index (χ0) is 11.3. The van der Waals surface area contributed by atoms with Gasteiger partial charge in [-0.3, -0.25) is 0 Å². The highest BCUT2D eigenvalue weighted by atomic mass is 32.2. The summed E-state index contributed by atoms with van der Waals surface area (Å²) in [6.45, 7) is 6.77. The molecule has 2 nitrogen and oxygen atoms in total. The van der Waals surface area contributed by atoms with Gasteiger partial charge in [0, 0.05) is 16.2 Å². The molecule has 0 aliphatic rings. The first-order chi connectivity index (χ1) is 7.01. The molecule has 0 aromatic heterocycles. The van der Waals surface area contributed by atoms with E-state index in [1.807, 2.05) is 32.9 Å². The van der Waals surface area contributed by atoms with Gasteiger partial charge in [0.15, 0.2) is 0 Å². The van der Waals surface area contributed by atoms with E-state index in [1.165, 1.54) is 4.90 Å². The second-order valence-electron chi connectivity index (χ2n) is 4.18. The Bertz CT molecular complexity index is 289. The largest absolute Gasteiger partial charge is 0.494 e. The van der Waals surface area contributed by atoms with Crippen LogP contribution in [0.15, 0.2) is 29.2 Å². The van der Waals surface area contributed by atoms with E-state index in [1.54, 1.807) is 11.8 Å². The Balaban J connectivity index is 2.50. The van der Waals surface area contributed by atoms with Crippen molar-refractivity contribution in [2.75, 3.05) is 12.4 Å². The summed E-state index contributed by atoms with van der Waals surface area (Å²) in [5.41, 5.74) is 5.79. The van der Waals surface area contributed by atoms with E-state index in [0.717, 1.165) is 11.5 Å². The van der Waals surface area contributed by atoms with Crippen LogP contribution in [-0.4, -0.2) is 17.9 Å². The van der Waals surface area contributed by atoms with Gasteiger partial charge in [0.1, 0.15) is 5.75 Å². The van der Waals surface area contributed by atoms with Crippen LogP contribution < -0.4 is 10.5 Å². The maximum absolute atomic E-state index is 5.92. The normalized spacial score (nSPS) is 11.5. The average Bonchev–Trinajstić information content (AvgIpc) is 2.16. The topological polar surface area (TPSA) is 35.2 Å². The Hall–Kier alpha value is -0.670. The number of thioether (sulfide) groups is 1. The minimum atomic E-state index is -0.122. The molecule has 0 saturated carbocycles. The molecular weight excluding hydrogens is 206 g/mol. The number of rotatable bonds is 5. The Kier molecular flexibility index (Phi) is 4.48. The van der Waals surface area contributed by atoms with Crippen LogP contribution in [0.4, 0.5) is 0 Å². The smallest absolute Gasteiger partial charge is 0.119 e. The van der Waals surface area contributed by atoms with Gasteiger partial charge in [-0.25, -0.2) is 0 Å². The fraction of sp³-hybridized carbons (Fsp3) is 0.500. The van der Waals surface area contributed by atoms with Crippen molar-refractivity contribution < 1.29 is 4.74 Å². The SMILES string of the molecule is CCOc1ccc(SCC(C)(C)N)cc1. The van der Waals surface area contributed by atoms with Gasteiger partial charge in [0.25, 0.3) is 0 Å². The molecule has 0 heterocycles. The standard InChI is InChI=1S/C12H19NOS/c1-4-14-10-5-7-11(8-6-10)15-9-12(2,3)13/h5-8H,4,9,13H2,1-3H3. The Morgan fingerprint density at radius 2 is 1.87 bits per heavy atom. The molecule has 0 fully saturated rings. The number of nitrogens with two attached hydrogens (primary N) is 1. The van der Waals surface area contributed by atoms with E-state index in [4.69, 9.17) is 10.5 Å². The lowest BCUT2D eigenvalue weighted by Crippen LogP contribution is -2.34. The molecule has 0 radical (unpaired) electrons. The predicted molar refractivity (Wildman–Crippen MR) is 66.6 cm³/mol. The molecule has 0 saturated heterocycles. The molecule has 15 heavy (non-hydrogen) atoms. The molecule has 2 N–H and O–H groups in total. The fourth-order valence-electron chi connectivity index (χ4n) is 1.07. The van der Waals surface area contributed by atoms with E-state index < -0.39 is 0 Å². The number of hydrogen-bond acceptors (Lipinski definition) is 3. The molecule has 0 aliphatic carbocycles. The van der Waals surface area contributed by atoms with Crippen molar-refractivity contribution in [1.82, 2.24) is 0 Å². The number of hydrogen-bond donors (Lipinski definition) is 1. The highest BCUT2D eigenvalue weighted by Crippen LogP contribution is 2.23. The molecule has 0 unspecified atom stereocenters. The van der Waals surface area contributed by atoms with Crippen LogP contribution in [0.2, 0.25) is 0 Å². The third-order valence-corrected chi connectivity index (χ3v) is 3.24. The van der Waals surface area contributed by atoms with Crippen molar-refractivity contribution in [3.05, 3.63) is 24.3 Å². The van der Waals surface area contributed by atoms with Crippen LogP contribution in [0.3, 0.4) is 0 Å². The highest BCUT2D eigenvalue weighted by molar-refractivity contribution is 7.99. The van der Waals surface area contributed by atoms with E-state index in [9.17, 15) is 0 Å². The first-order valence-corrected chi connectivity index (χ1v) is 6.14. The average molecular weight is 225 g/mol. The predicted octanol–water partition coefficient (Wildman–Crippen LogP) is 2.91. The summed E-state index contributed by atoms with van der Waals surface area (Å²) >= 11 is 1.77. The van der Waals surface area contributed by atoms with Gasteiger partial charge in [-0.15, -0.1) is 11.8 Å². The molecule has 1 rings (SSSR count). The summed E-state index contributed by atoms with van der Waals surface area (Å²) in [5, 5.41) is 0. The molecule has 0 spiro atoms. The van der Waals surface area contributed by atoms with Gasteiger partial charge >= 0.3 is 0 Å². The van der Waals surface area contributed by atoms with Crippen molar-refractivity contribution >= 4 is 11.8 Å².